The maximum absolute atomic E-state index is 13.0. The predicted molar refractivity (Wildman–Crippen MR) is 149 cm³/mol. The van der Waals surface area contributed by atoms with E-state index < -0.39 is 66.5 Å². The highest BCUT2D eigenvalue weighted by molar-refractivity contribution is 6.09. The van der Waals surface area contributed by atoms with Gasteiger partial charge in [0.15, 0.2) is 18.0 Å². The number of ether oxygens (including phenoxy) is 3. The number of carbonyl (C=O) groups is 5. The summed E-state index contributed by atoms with van der Waals surface area (Å²) in [5.41, 5.74) is 2.91. The van der Waals surface area contributed by atoms with E-state index in [9.17, 15) is 34.2 Å². The third kappa shape index (κ3) is 9.33. The summed E-state index contributed by atoms with van der Waals surface area (Å²) in [5, 5.41) is 19.2. The highest BCUT2D eigenvalue weighted by atomic mass is 16.6. The van der Waals surface area contributed by atoms with E-state index in [1.807, 2.05) is 64.2 Å². The zero-order valence-corrected chi connectivity index (χ0v) is 24.0. The van der Waals surface area contributed by atoms with E-state index in [-0.39, 0.29) is 18.6 Å². The van der Waals surface area contributed by atoms with Crippen molar-refractivity contribution in [1.82, 2.24) is 0 Å². The number of hydrogen-bond acceptors (Lipinski definition) is 10. The summed E-state index contributed by atoms with van der Waals surface area (Å²) in [4.78, 5) is 60.3. The number of allylic oxidation sites excluding steroid dienone is 10. The monoisotopic (exact) mass is 570 g/mol. The Kier molecular flexibility index (Phi) is 11.9. The van der Waals surface area contributed by atoms with E-state index in [0.717, 1.165) is 16.7 Å². The minimum absolute atomic E-state index is 0.263. The second-order valence-corrected chi connectivity index (χ2v) is 10.6. The highest BCUT2D eigenvalue weighted by Gasteiger charge is 2.46. The number of carbonyl (C=O) groups excluding carboxylic acids is 5. The van der Waals surface area contributed by atoms with Crippen LogP contribution in [0.4, 0.5) is 0 Å². The molecule has 222 valence electrons. The third-order valence-electron chi connectivity index (χ3n) is 6.69. The van der Waals surface area contributed by atoms with Crippen LogP contribution >= 0.6 is 0 Å². The van der Waals surface area contributed by atoms with E-state index in [1.54, 1.807) is 13.0 Å². The van der Waals surface area contributed by atoms with Crippen LogP contribution in [0.3, 0.4) is 0 Å². The standard InChI is InChI=1S/C31H38O10/c1-7-9-18(2)10-8-11-19(3)12-13-21-20(4)26(35)23(16-31(21,5)6)40-25(34)15-14-24(33)39-17-22(32)29-27(36)28(37)30(38)41-29/h7-13,22-23,28-29,32,37H,1,14-17H2,2-6H3. The molecule has 10 nitrogen and oxygen atoms in total. The van der Waals surface area contributed by atoms with Crippen molar-refractivity contribution < 1.29 is 48.4 Å². The Morgan fingerprint density at radius 2 is 1.73 bits per heavy atom. The molecule has 1 heterocycles. The van der Waals surface area contributed by atoms with Gasteiger partial charge in [0, 0.05) is 6.42 Å². The molecular formula is C31H38O10. The molecule has 41 heavy (non-hydrogen) atoms. The zero-order chi connectivity index (χ0) is 30.9. The Morgan fingerprint density at radius 3 is 2.34 bits per heavy atom. The van der Waals surface area contributed by atoms with E-state index in [1.165, 1.54) is 0 Å². The third-order valence-corrected chi connectivity index (χ3v) is 6.69. The molecule has 1 aliphatic heterocycles. The van der Waals surface area contributed by atoms with Gasteiger partial charge in [0.1, 0.15) is 12.7 Å². The highest BCUT2D eigenvalue weighted by Crippen LogP contribution is 2.40. The van der Waals surface area contributed by atoms with Gasteiger partial charge < -0.3 is 24.4 Å². The summed E-state index contributed by atoms with van der Waals surface area (Å²) in [7, 11) is 0. The van der Waals surface area contributed by atoms with Crippen molar-refractivity contribution in [3.8, 4) is 0 Å². The molecular weight excluding hydrogens is 532 g/mol. The minimum Gasteiger partial charge on any atom is -0.463 e. The maximum atomic E-state index is 13.0. The number of aliphatic hydroxyl groups excluding tert-OH is 2. The summed E-state index contributed by atoms with van der Waals surface area (Å²) in [6, 6.07) is 0. The predicted octanol–water partition coefficient (Wildman–Crippen LogP) is 2.94. The van der Waals surface area contributed by atoms with Crippen LogP contribution in [0.2, 0.25) is 0 Å². The zero-order valence-electron chi connectivity index (χ0n) is 24.0. The Hall–Kier alpha value is -3.89. The van der Waals surface area contributed by atoms with E-state index >= 15 is 0 Å². The fourth-order valence-corrected chi connectivity index (χ4v) is 4.40. The van der Waals surface area contributed by atoms with Gasteiger partial charge >= 0.3 is 17.9 Å². The van der Waals surface area contributed by atoms with Crippen molar-refractivity contribution in [2.75, 3.05) is 6.61 Å². The number of aliphatic hydroxyl groups is 2. The van der Waals surface area contributed by atoms with Gasteiger partial charge in [0.25, 0.3) is 0 Å². The molecule has 2 N–H and O–H groups in total. The van der Waals surface area contributed by atoms with Crippen molar-refractivity contribution >= 4 is 29.5 Å². The smallest absolute Gasteiger partial charge is 0.343 e. The molecule has 4 unspecified atom stereocenters. The maximum Gasteiger partial charge on any atom is 0.343 e. The molecule has 4 atom stereocenters. The second-order valence-electron chi connectivity index (χ2n) is 10.6. The molecule has 1 saturated heterocycles. The molecule has 1 aliphatic carbocycles. The van der Waals surface area contributed by atoms with Crippen molar-refractivity contribution in [2.24, 2.45) is 5.41 Å². The molecule has 0 amide bonds. The first-order valence-electron chi connectivity index (χ1n) is 13.2. The number of hydrogen-bond donors (Lipinski definition) is 2. The average molecular weight is 571 g/mol. The molecule has 1 fully saturated rings. The molecule has 0 aromatic carbocycles. The number of rotatable bonds is 12. The van der Waals surface area contributed by atoms with Gasteiger partial charge in [-0.1, -0.05) is 74.1 Å². The lowest BCUT2D eigenvalue weighted by molar-refractivity contribution is -0.160. The van der Waals surface area contributed by atoms with Crippen LogP contribution in [0.1, 0.15) is 53.9 Å². The van der Waals surface area contributed by atoms with Crippen LogP contribution in [0.15, 0.2) is 71.4 Å². The van der Waals surface area contributed by atoms with Crippen LogP contribution in [0.25, 0.3) is 0 Å². The normalized spacial score (nSPS) is 24.2. The fourth-order valence-electron chi connectivity index (χ4n) is 4.40. The van der Waals surface area contributed by atoms with Crippen molar-refractivity contribution in [3.63, 3.8) is 0 Å². The molecule has 0 bridgehead atoms. The summed E-state index contributed by atoms with van der Waals surface area (Å²) in [6.45, 7) is 12.5. The van der Waals surface area contributed by atoms with Gasteiger partial charge in [0.05, 0.1) is 12.8 Å². The van der Waals surface area contributed by atoms with Gasteiger partial charge in [-0.05, 0) is 37.3 Å². The van der Waals surface area contributed by atoms with E-state index in [2.05, 4.69) is 11.3 Å². The molecule has 0 aromatic heterocycles. The second kappa shape index (κ2) is 14.7. The minimum atomic E-state index is -1.98. The van der Waals surface area contributed by atoms with Crippen LogP contribution in [-0.4, -0.2) is 70.7 Å². The summed E-state index contributed by atoms with van der Waals surface area (Å²) in [6.07, 6.45) is 6.49. The Balaban J connectivity index is 1.91. The summed E-state index contributed by atoms with van der Waals surface area (Å²) in [5.74, 6) is -4.17. The summed E-state index contributed by atoms with van der Waals surface area (Å²) < 4.78 is 14.8. The van der Waals surface area contributed by atoms with Gasteiger partial charge in [-0.15, -0.1) is 0 Å². The van der Waals surface area contributed by atoms with Crippen molar-refractivity contribution in [3.05, 3.63) is 71.4 Å². The lowest BCUT2D eigenvalue weighted by Gasteiger charge is -2.36. The quantitative estimate of drug-likeness (QED) is 0.155. The lowest BCUT2D eigenvalue weighted by atomic mass is 9.71. The molecule has 2 rings (SSSR count). The number of Topliss-reactive ketones (excluding diaryl/α,β-unsaturated/α-hetero) is 2. The SMILES string of the molecule is C=CC=C(C)C=CC=C(C)C=CC1=C(C)C(=O)C(OC(=O)CCC(=O)OCC(O)C2OC(=O)C(O)C2=O)CC1(C)C. The first kappa shape index (κ1) is 33.3. The fraction of sp³-hybridized carbons (Fsp3) is 0.452. The molecule has 10 heteroatoms. The first-order chi connectivity index (χ1) is 19.2. The van der Waals surface area contributed by atoms with Gasteiger partial charge in [-0.25, -0.2) is 4.79 Å². The van der Waals surface area contributed by atoms with Crippen LogP contribution in [0.5, 0.6) is 0 Å². The number of ketones is 2. The largest absolute Gasteiger partial charge is 0.463 e. The van der Waals surface area contributed by atoms with Gasteiger partial charge in [0.2, 0.25) is 11.9 Å². The molecule has 0 spiro atoms. The topological polar surface area (TPSA) is 154 Å². The van der Waals surface area contributed by atoms with Crippen molar-refractivity contribution in [2.45, 2.75) is 78.3 Å². The Morgan fingerprint density at radius 1 is 1.10 bits per heavy atom. The Labute approximate surface area is 239 Å². The molecule has 0 aromatic rings. The van der Waals surface area contributed by atoms with Crippen LogP contribution in [-0.2, 0) is 38.2 Å². The number of cyclic esters (lactones) is 1. The van der Waals surface area contributed by atoms with Gasteiger partial charge in [-0.3, -0.25) is 19.2 Å². The number of esters is 3. The van der Waals surface area contributed by atoms with Crippen molar-refractivity contribution in [1.29, 1.82) is 0 Å². The molecule has 0 radical (unpaired) electrons. The lowest BCUT2D eigenvalue weighted by Crippen LogP contribution is -2.39. The molecule has 0 saturated carbocycles. The summed E-state index contributed by atoms with van der Waals surface area (Å²) >= 11 is 0. The van der Waals surface area contributed by atoms with Crippen LogP contribution in [0, 0.1) is 5.41 Å². The van der Waals surface area contributed by atoms with Crippen LogP contribution < -0.4 is 0 Å². The van der Waals surface area contributed by atoms with E-state index in [0.29, 0.717) is 5.57 Å². The first-order valence-corrected chi connectivity index (χ1v) is 13.2. The van der Waals surface area contributed by atoms with Gasteiger partial charge in [-0.2, -0.15) is 0 Å². The molecule has 2 aliphatic rings. The van der Waals surface area contributed by atoms with E-state index in [4.69, 9.17) is 9.47 Å². The average Bonchev–Trinajstić information content (AvgIpc) is 3.16. The Bertz CT molecular complexity index is 1230.